The molecule has 1 amide bonds. The lowest BCUT2D eigenvalue weighted by Crippen LogP contribution is -2.48. The summed E-state index contributed by atoms with van der Waals surface area (Å²) in [6.07, 6.45) is 3.89. The number of carbonyl (C=O) groups is 1. The van der Waals surface area contributed by atoms with E-state index < -0.39 is 0 Å². The summed E-state index contributed by atoms with van der Waals surface area (Å²) in [5.41, 5.74) is 4.21. The lowest BCUT2D eigenvalue weighted by Gasteiger charge is -2.32. The van der Waals surface area contributed by atoms with Crippen LogP contribution in [-0.2, 0) is 17.9 Å². The van der Waals surface area contributed by atoms with E-state index in [1.807, 2.05) is 31.5 Å². The summed E-state index contributed by atoms with van der Waals surface area (Å²) in [6, 6.07) is 16.6. The minimum absolute atomic E-state index is 0.142. The predicted octanol–water partition coefficient (Wildman–Crippen LogP) is 3.09. The molecular formula is C22H26N4O. The molecule has 4 rings (SSSR count). The summed E-state index contributed by atoms with van der Waals surface area (Å²) < 4.78 is 2.16. The normalized spacial score (nSPS) is 19.9. The summed E-state index contributed by atoms with van der Waals surface area (Å²) in [4.78, 5) is 17.0. The van der Waals surface area contributed by atoms with Crippen molar-refractivity contribution < 1.29 is 4.79 Å². The van der Waals surface area contributed by atoms with Crippen LogP contribution in [0.1, 0.15) is 30.9 Å². The number of hydrogen-bond donors (Lipinski definition) is 2. The van der Waals surface area contributed by atoms with Crippen LogP contribution in [0.2, 0.25) is 0 Å². The summed E-state index contributed by atoms with van der Waals surface area (Å²) in [5, 5.41) is 6.43. The minimum Gasteiger partial charge on any atom is -0.352 e. The number of piperidine rings is 1. The van der Waals surface area contributed by atoms with E-state index in [-0.39, 0.29) is 11.3 Å². The van der Waals surface area contributed by atoms with Crippen LogP contribution < -0.4 is 10.6 Å². The van der Waals surface area contributed by atoms with Crippen LogP contribution in [0.4, 0.5) is 0 Å². The van der Waals surface area contributed by atoms with Gasteiger partial charge in [0.25, 0.3) is 0 Å². The van der Waals surface area contributed by atoms with Gasteiger partial charge < -0.3 is 15.2 Å². The number of para-hydroxylation sites is 2. The first-order chi connectivity index (χ1) is 13.1. The molecule has 1 saturated heterocycles. The second kappa shape index (κ2) is 7.53. The fourth-order valence-electron chi connectivity index (χ4n) is 3.74. The second-order valence-corrected chi connectivity index (χ2v) is 7.70. The largest absolute Gasteiger partial charge is 0.352 e. The number of fused-ring (bicyclic) bond motifs is 1. The van der Waals surface area contributed by atoms with E-state index in [9.17, 15) is 4.79 Å². The van der Waals surface area contributed by atoms with Gasteiger partial charge in [-0.2, -0.15) is 0 Å². The first-order valence-electron chi connectivity index (χ1n) is 9.61. The van der Waals surface area contributed by atoms with E-state index in [1.54, 1.807) is 0 Å². The van der Waals surface area contributed by atoms with Gasteiger partial charge in [0.05, 0.1) is 22.8 Å². The number of amides is 1. The van der Waals surface area contributed by atoms with Crippen LogP contribution in [0.15, 0.2) is 54.9 Å². The van der Waals surface area contributed by atoms with E-state index in [1.165, 1.54) is 5.56 Å². The maximum absolute atomic E-state index is 12.5. The van der Waals surface area contributed by atoms with Crippen molar-refractivity contribution in [3.05, 3.63) is 66.0 Å². The Morgan fingerprint density at radius 3 is 2.74 bits per heavy atom. The quantitative estimate of drug-likeness (QED) is 0.733. The van der Waals surface area contributed by atoms with Gasteiger partial charge in [-0.1, -0.05) is 36.4 Å². The molecule has 0 spiro atoms. The molecule has 0 radical (unpaired) electrons. The van der Waals surface area contributed by atoms with Crippen LogP contribution in [0.3, 0.4) is 0 Å². The number of benzene rings is 2. The zero-order valence-corrected chi connectivity index (χ0v) is 15.7. The summed E-state index contributed by atoms with van der Waals surface area (Å²) >= 11 is 0. The number of imidazole rings is 1. The van der Waals surface area contributed by atoms with Gasteiger partial charge >= 0.3 is 0 Å². The fourth-order valence-corrected chi connectivity index (χ4v) is 3.74. The SMILES string of the molecule is CC1(C(=O)NCc2ccc(Cn3cnc4ccccc43)cc2)CCCNC1. The van der Waals surface area contributed by atoms with E-state index >= 15 is 0 Å². The van der Waals surface area contributed by atoms with Crippen LogP contribution in [0.5, 0.6) is 0 Å². The van der Waals surface area contributed by atoms with E-state index in [4.69, 9.17) is 0 Å². The van der Waals surface area contributed by atoms with E-state index in [0.717, 1.165) is 49.1 Å². The van der Waals surface area contributed by atoms with Gasteiger partial charge in [0.2, 0.25) is 5.91 Å². The molecule has 1 aliphatic rings. The Labute approximate surface area is 159 Å². The smallest absolute Gasteiger partial charge is 0.227 e. The van der Waals surface area contributed by atoms with Crippen molar-refractivity contribution in [2.75, 3.05) is 13.1 Å². The van der Waals surface area contributed by atoms with Gasteiger partial charge in [-0.3, -0.25) is 4.79 Å². The molecule has 140 valence electrons. The number of aromatic nitrogens is 2. The lowest BCUT2D eigenvalue weighted by molar-refractivity contribution is -0.131. The van der Waals surface area contributed by atoms with Crippen molar-refractivity contribution >= 4 is 16.9 Å². The Morgan fingerprint density at radius 2 is 1.96 bits per heavy atom. The number of nitrogens with zero attached hydrogens (tertiary/aromatic N) is 2. The third kappa shape index (κ3) is 3.88. The maximum Gasteiger partial charge on any atom is 0.227 e. The van der Waals surface area contributed by atoms with Gasteiger partial charge in [-0.05, 0) is 49.6 Å². The van der Waals surface area contributed by atoms with Crippen LogP contribution >= 0.6 is 0 Å². The average molecular weight is 362 g/mol. The molecule has 5 nitrogen and oxygen atoms in total. The molecule has 27 heavy (non-hydrogen) atoms. The number of hydrogen-bond acceptors (Lipinski definition) is 3. The Bertz CT molecular complexity index is 923. The number of rotatable bonds is 5. The first kappa shape index (κ1) is 17.7. The topological polar surface area (TPSA) is 59.0 Å². The third-order valence-electron chi connectivity index (χ3n) is 5.50. The fraction of sp³-hybridized carbons (Fsp3) is 0.364. The molecule has 3 aromatic rings. The molecule has 2 N–H and O–H groups in total. The second-order valence-electron chi connectivity index (χ2n) is 7.70. The molecule has 1 atom stereocenters. The van der Waals surface area contributed by atoms with Crippen molar-refractivity contribution in [2.45, 2.75) is 32.9 Å². The molecule has 0 bridgehead atoms. The van der Waals surface area contributed by atoms with Crippen molar-refractivity contribution in [3.63, 3.8) is 0 Å². The van der Waals surface area contributed by atoms with E-state index in [0.29, 0.717) is 6.54 Å². The monoisotopic (exact) mass is 362 g/mol. The summed E-state index contributed by atoms with van der Waals surface area (Å²) in [7, 11) is 0. The molecule has 1 aromatic heterocycles. The Morgan fingerprint density at radius 1 is 1.19 bits per heavy atom. The van der Waals surface area contributed by atoms with Gasteiger partial charge in [-0.25, -0.2) is 4.98 Å². The zero-order valence-electron chi connectivity index (χ0n) is 15.7. The van der Waals surface area contributed by atoms with Crippen molar-refractivity contribution in [2.24, 2.45) is 5.41 Å². The van der Waals surface area contributed by atoms with Crippen molar-refractivity contribution in [1.29, 1.82) is 0 Å². The Hall–Kier alpha value is -2.66. The Kier molecular flexibility index (Phi) is 4.94. The minimum atomic E-state index is -0.291. The standard InChI is InChI=1S/C22H26N4O/c1-22(11-4-12-23-15-22)21(27)24-13-17-7-9-18(10-8-17)14-26-16-25-19-5-2-3-6-20(19)26/h2-3,5-10,16,23H,4,11-15H2,1H3,(H,24,27). The highest BCUT2D eigenvalue weighted by Crippen LogP contribution is 2.25. The number of carbonyl (C=O) groups excluding carboxylic acids is 1. The first-order valence-corrected chi connectivity index (χ1v) is 9.61. The highest BCUT2D eigenvalue weighted by Gasteiger charge is 2.34. The molecule has 2 aromatic carbocycles. The molecule has 1 aliphatic heterocycles. The van der Waals surface area contributed by atoms with Gasteiger partial charge in [0.1, 0.15) is 0 Å². The molecule has 0 aliphatic carbocycles. The molecule has 1 fully saturated rings. The average Bonchev–Trinajstić information content (AvgIpc) is 3.11. The number of nitrogens with one attached hydrogen (secondary N) is 2. The molecule has 2 heterocycles. The highest BCUT2D eigenvalue weighted by atomic mass is 16.2. The van der Waals surface area contributed by atoms with Crippen LogP contribution in [-0.4, -0.2) is 28.5 Å². The molecular weight excluding hydrogens is 336 g/mol. The van der Waals surface area contributed by atoms with Gasteiger partial charge in [0.15, 0.2) is 0 Å². The third-order valence-corrected chi connectivity index (χ3v) is 5.50. The lowest BCUT2D eigenvalue weighted by atomic mass is 9.82. The summed E-state index contributed by atoms with van der Waals surface area (Å²) in [6.45, 7) is 5.18. The van der Waals surface area contributed by atoms with Crippen molar-refractivity contribution in [1.82, 2.24) is 20.2 Å². The van der Waals surface area contributed by atoms with E-state index in [2.05, 4.69) is 50.5 Å². The van der Waals surface area contributed by atoms with Crippen molar-refractivity contribution in [3.8, 4) is 0 Å². The molecule has 0 saturated carbocycles. The van der Waals surface area contributed by atoms with Crippen LogP contribution in [0, 0.1) is 5.41 Å². The highest BCUT2D eigenvalue weighted by molar-refractivity contribution is 5.82. The predicted molar refractivity (Wildman–Crippen MR) is 107 cm³/mol. The summed E-state index contributed by atoms with van der Waals surface area (Å²) in [5.74, 6) is 0.142. The molecule has 5 heteroatoms. The maximum atomic E-state index is 12.5. The molecule has 1 unspecified atom stereocenters. The van der Waals surface area contributed by atoms with Gasteiger partial charge in [0, 0.05) is 19.6 Å². The van der Waals surface area contributed by atoms with Gasteiger partial charge in [-0.15, -0.1) is 0 Å². The van der Waals surface area contributed by atoms with Crippen LogP contribution in [0.25, 0.3) is 11.0 Å². The Balaban J connectivity index is 1.37. The zero-order chi connectivity index (χ0) is 18.7.